The van der Waals surface area contributed by atoms with Crippen LogP contribution < -0.4 is 4.90 Å². The van der Waals surface area contributed by atoms with Gasteiger partial charge in [-0.1, -0.05) is 68.3 Å². The van der Waals surface area contributed by atoms with Gasteiger partial charge < -0.3 is 24.5 Å². The maximum absolute atomic E-state index is 14.0. The normalized spacial score (nSPS) is 16.7. The highest BCUT2D eigenvalue weighted by Gasteiger charge is 2.36. The number of benzene rings is 4. The van der Waals surface area contributed by atoms with E-state index in [2.05, 4.69) is 31.9 Å². The van der Waals surface area contributed by atoms with E-state index < -0.39 is 29.2 Å². The van der Waals surface area contributed by atoms with Crippen molar-refractivity contribution in [2.24, 2.45) is 0 Å². The topological polar surface area (TPSA) is 119 Å². The zero-order valence-corrected chi connectivity index (χ0v) is 34.6. The fraction of sp³-hybridized carbons (Fsp3) is 0.286. The molecule has 2 saturated heterocycles. The van der Waals surface area contributed by atoms with Crippen LogP contribution in [-0.2, 0) is 9.59 Å². The van der Waals surface area contributed by atoms with Crippen LogP contribution in [0.5, 0.6) is 0 Å². The van der Waals surface area contributed by atoms with E-state index in [1.54, 1.807) is 70.2 Å². The molecule has 0 bridgehead atoms. The molecule has 2 fully saturated rings. The van der Waals surface area contributed by atoms with Gasteiger partial charge in [0.05, 0.1) is 11.1 Å². The van der Waals surface area contributed by atoms with Gasteiger partial charge in [-0.3, -0.25) is 28.8 Å². The predicted molar refractivity (Wildman–Crippen MR) is 218 cm³/mol. The van der Waals surface area contributed by atoms with Crippen molar-refractivity contribution in [3.8, 4) is 0 Å². The molecule has 0 N–H and O–H groups in total. The first kappa shape index (κ1) is 41.9. The number of anilines is 1. The van der Waals surface area contributed by atoms with Crippen LogP contribution in [0.4, 0.5) is 10.1 Å². The summed E-state index contributed by atoms with van der Waals surface area (Å²) >= 11 is 6.53. The highest BCUT2D eigenvalue weighted by Crippen LogP contribution is 2.26. The van der Waals surface area contributed by atoms with Gasteiger partial charge in [0.15, 0.2) is 0 Å². The summed E-state index contributed by atoms with van der Waals surface area (Å²) in [6.07, 6.45) is 0. The summed E-state index contributed by atoms with van der Waals surface area (Å²) < 4.78 is 15.3. The summed E-state index contributed by atoms with van der Waals surface area (Å²) in [7, 11) is 3.67. The second kappa shape index (κ2) is 18.6. The second-order valence-corrected chi connectivity index (χ2v) is 15.6. The smallest absolute Gasteiger partial charge is 0.295 e. The predicted octanol–water partition coefficient (Wildman–Crippen LogP) is 6.21. The molecule has 6 rings (SSSR count). The third-order valence-corrected chi connectivity index (χ3v) is 10.6. The molecule has 0 spiro atoms. The summed E-state index contributed by atoms with van der Waals surface area (Å²) in [5.41, 5.74) is 2.01. The van der Waals surface area contributed by atoms with E-state index in [1.165, 1.54) is 17.0 Å². The molecule has 4 aromatic carbocycles. The number of hydrogen-bond acceptors (Lipinski definition) is 7. The van der Waals surface area contributed by atoms with Gasteiger partial charge in [0, 0.05) is 91.2 Å². The largest absolute Gasteiger partial charge is 0.377 e. The number of ketones is 2. The number of amides is 4. The zero-order valence-electron chi connectivity index (χ0n) is 31.5. The summed E-state index contributed by atoms with van der Waals surface area (Å²) in [4.78, 5) is 84.3. The lowest BCUT2D eigenvalue weighted by molar-refractivity contribution is -0.130. The first-order valence-corrected chi connectivity index (χ1v) is 19.6. The third-order valence-electron chi connectivity index (χ3n) is 9.64. The number of nitrogens with zero attached hydrogens (tertiary/aromatic N) is 5. The molecule has 292 valence electrons. The van der Waals surface area contributed by atoms with Gasteiger partial charge in [0.2, 0.25) is 0 Å². The molecule has 4 aromatic rings. The minimum atomic E-state index is -0.880. The van der Waals surface area contributed by atoms with Crippen molar-refractivity contribution in [2.75, 3.05) is 58.3 Å². The Morgan fingerprint density at radius 2 is 1.00 bits per heavy atom. The van der Waals surface area contributed by atoms with Crippen molar-refractivity contribution in [3.05, 3.63) is 134 Å². The second-order valence-electron chi connectivity index (χ2n) is 13.8. The lowest BCUT2D eigenvalue weighted by Gasteiger charge is -2.39. The van der Waals surface area contributed by atoms with Gasteiger partial charge in [-0.15, -0.1) is 0 Å². The number of carbonyl (C=O) groups excluding carboxylic acids is 6. The highest BCUT2D eigenvalue weighted by atomic mass is 79.9. The number of rotatable bonds is 7. The van der Waals surface area contributed by atoms with Crippen molar-refractivity contribution in [1.29, 1.82) is 0 Å². The van der Waals surface area contributed by atoms with E-state index in [-0.39, 0.29) is 36.0 Å². The lowest BCUT2D eigenvalue weighted by Crippen LogP contribution is -2.56. The van der Waals surface area contributed by atoms with E-state index in [1.807, 2.05) is 56.3 Å². The number of hydrogen-bond donors (Lipinski definition) is 0. The van der Waals surface area contributed by atoms with Gasteiger partial charge in [-0.05, 0) is 74.5 Å². The SMILES string of the molecule is C[C@@H]1CN(C(=O)c2ccccc2)CCN1C(=O)C(=O)c1ccc(Br)cc1F.C[C@@H]1CN(C(=O)c2ccccc2)CCN1C(=O)C(=O)c1ccc(Br)cc1N(C)C. The van der Waals surface area contributed by atoms with Crippen LogP contribution in [0.15, 0.2) is 106 Å². The maximum atomic E-state index is 14.0. The Morgan fingerprint density at radius 3 is 1.41 bits per heavy atom. The molecule has 4 amide bonds. The van der Waals surface area contributed by atoms with Crippen LogP contribution in [0.25, 0.3) is 0 Å². The minimum Gasteiger partial charge on any atom is -0.377 e. The van der Waals surface area contributed by atoms with Crippen LogP contribution in [-0.4, -0.2) is 120 Å². The Labute approximate surface area is 342 Å². The first-order valence-electron chi connectivity index (χ1n) is 18.0. The average Bonchev–Trinajstić information content (AvgIpc) is 3.20. The van der Waals surface area contributed by atoms with E-state index >= 15 is 0 Å². The number of halogens is 3. The molecule has 2 aliphatic rings. The van der Waals surface area contributed by atoms with Gasteiger partial charge >= 0.3 is 0 Å². The van der Waals surface area contributed by atoms with Crippen LogP contribution in [0, 0.1) is 5.82 Å². The Hall–Kier alpha value is -5.21. The van der Waals surface area contributed by atoms with E-state index in [0.717, 1.165) is 10.5 Å². The minimum absolute atomic E-state index is 0.0568. The molecule has 0 aromatic heterocycles. The Bertz CT molecular complexity index is 2120. The molecule has 2 aliphatic heterocycles. The van der Waals surface area contributed by atoms with E-state index in [4.69, 9.17) is 0 Å². The van der Waals surface area contributed by atoms with Crippen LogP contribution in [0.3, 0.4) is 0 Å². The quantitative estimate of drug-likeness (QED) is 0.160. The van der Waals surface area contributed by atoms with Crippen molar-refractivity contribution in [3.63, 3.8) is 0 Å². The summed E-state index contributed by atoms with van der Waals surface area (Å²) in [5, 5.41) is 0. The molecule has 11 nitrogen and oxygen atoms in total. The summed E-state index contributed by atoms with van der Waals surface area (Å²) in [6, 6.07) is 26.6. The van der Waals surface area contributed by atoms with Gasteiger partial charge in [0.25, 0.3) is 35.2 Å². The van der Waals surface area contributed by atoms with Crippen molar-refractivity contribution in [2.45, 2.75) is 25.9 Å². The van der Waals surface area contributed by atoms with Crippen molar-refractivity contribution in [1.82, 2.24) is 19.6 Å². The van der Waals surface area contributed by atoms with Crippen LogP contribution >= 0.6 is 31.9 Å². The standard InChI is InChI=1S/C22H24BrN3O3.C20H18BrFN2O3/c1-15-14-25(21(28)16-7-5-4-6-8-16)11-12-26(15)22(29)20(27)18-10-9-17(23)13-19(18)24(2)3;1-13-12-23(19(26)14-5-3-2-4-6-14)9-10-24(13)20(27)18(25)16-8-7-15(21)11-17(16)22/h4-10,13,15H,11-12,14H2,1-3H3;2-8,11,13H,9-10,12H2,1H3/t15-;13-/m11/s1. The summed E-state index contributed by atoms with van der Waals surface area (Å²) in [5.74, 6) is -3.61. The third kappa shape index (κ3) is 9.77. The molecule has 2 atom stereocenters. The van der Waals surface area contributed by atoms with Gasteiger partial charge in [-0.2, -0.15) is 0 Å². The molecular formula is C42H42Br2FN5O6. The first-order chi connectivity index (χ1) is 26.7. The van der Waals surface area contributed by atoms with Gasteiger partial charge in [-0.25, -0.2) is 4.39 Å². The van der Waals surface area contributed by atoms with E-state index in [9.17, 15) is 33.2 Å². The zero-order chi connectivity index (χ0) is 40.7. The molecule has 0 unspecified atom stereocenters. The molecule has 56 heavy (non-hydrogen) atoms. The molecule has 0 aliphatic carbocycles. The Balaban J connectivity index is 0.000000215. The average molecular weight is 892 g/mol. The Morgan fingerprint density at radius 1 is 0.589 bits per heavy atom. The fourth-order valence-corrected chi connectivity index (χ4v) is 7.33. The molecule has 2 heterocycles. The number of piperazine rings is 2. The Kier molecular flexibility index (Phi) is 13.9. The number of Topliss-reactive ketones (excluding diaryl/α,β-unsaturated/α-hetero) is 2. The molecule has 14 heteroatoms. The molecule has 0 radical (unpaired) electrons. The molecule has 0 saturated carbocycles. The molecular weight excluding hydrogens is 849 g/mol. The van der Waals surface area contributed by atoms with Gasteiger partial charge in [0.1, 0.15) is 5.82 Å². The highest BCUT2D eigenvalue weighted by molar-refractivity contribution is 9.10. The van der Waals surface area contributed by atoms with Crippen molar-refractivity contribution >= 4 is 72.7 Å². The lowest BCUT2D eigenvalue weighted by atomic mass is 10.0. The maximum Gasteiger partial charge on any atom is 0.295 e. The van der Waals surface area contributed by atoms with Crippen molar-refractivity contribution < 1.29 is 33.2 Å². The monoisotopic (exact) mass is 889 g/mol. The number of carbonyl (C=O) groups is 6. The van der Waals surface area contributed by atoms with E-state index in [0.29, 0.717) is 59.6 Å². The fourth-order valence-electron chi connectivity index (χ4n) is 6.65. The summed E-state index contributed by atoms with van der Waals surface area (Å²) in [6.45, 7) is 5.62. The van der Waals surface area contributed by atoms with Crippen LogP contribution in [0.2, 0.25) is 0 Å². The van der Waals surface area contributed by atoms with Crippen LogP contribution in [0.1, 0.15) is 55.3 Å².